The molecule has 246 valence electrons. The summed E-state index contributed by atoms with van der Waals surface area (Å²) in [6.07, 6.45) is 2.28. The number of hydrogen-bond donors (Lipinski definition) is 2. The van der Waals surface area contributed by atoms with Crippen molar-refractivity contribution < 1.29 is 19.7 Å². The molecule has 2 aromatic carbocycles. The molecule has 0 saturated carbocycles. The second kappa shape index (κ2) is 13.6. The molecule has 2 aromatic heterocycles. The smallest absolute Gasteiger partial charge is 0.237 e. The second-order valence-electron chi connectivity index (χ2n) is 13.1. The molecule has 1 fully saturated rings. The quantitative estimate of drug-likeness (QED) is 0.209. The summed E-state index contributed by atoms with van der Waals surface area (Å²) < 4.78 is 5.55. The summed E-state index contributed by atoms with van der Waals surface area (Å²) in [6, 6.07) is 13.1. The van der Waals surface area contributed by atoms with Crippen LogP contribution in [0.15, 0.2) is 48.7 Å². The van der Waals surface area contributed by atoms with Gasteiger partial charge in [0.05, 0.1) is 46.4 Å². The number of rotatable bonds is 10. The lowest BCUT2D eigenvalue weighted by molar-refractivity contribution is -0.00403. The summed E-state index contributed by atoms with van der Waals surface area (Å²) >= 11 is 14.0. The molecular weight excluding hydrogens is 637 g/mol. The molecule has 0 unspecified atom stereocenters. The first-order valence-electron chi connectivity index (χ1n) is 15.7. The second-order valence-corrected chi connectivity index (χ2v) is 13.9. The fourth-order valence-electron chi connectivity index (χ4n) is 6.43. The van der Waals surface area contributed by atoms with Crippen LogP contribution in [0.2, 0.25) is 10.0 Å². The van der Waals surface area contributed by atoms with Gasteiger partial charge in [0.15, 0.2) is 5.78 Å². The van der Waals surface area contributed by atoms with E-state index in [2.05, 4.69) is 14.8 Å². The highest BCUT2D eigenvalue weighted by Gasteiger charge is 2.27. The van der Waals surface area contributed by atoms with E-state index in [9.17, 15) is 15.0 Å². The Morgan fingerprint density at radius 2 is 1.74 bits per heavy atom. The lowest BCUT2D eigenvalue weighted by atomic mass is 9.95. The number of Topliss-reactive ketones (excluding diaryl/α,β-unsaturated/α-hetero) is 1. The Morgan fingerprint density at radius 1 is 1.04 bits per heavy atom. The SMILES string of the molecule is COc1nc(-c2cccc(-c3cccc(CC(=O)c4cc(C)c5c(n4)CN(CC(C)(C)O)CC5)c3Cl)c2Cl)cnc1CN1CC(O)C1. The molecule has 2 N–H and O–H groups in total. The fourth-order valence-corrected chi connectivity index (χ4v) is 7.05. The maximum atomic E-state index is 13.6. The van der Waals surface area contributed by atoms with Gasteiger partial charge in [-0.2, -0.15) is 0 Å². The number of carbonyl (C=O) groups excluding carboxylic acids is 1. The van der Waals surface area contributed by atoms with E-state index in [-0.39, 0.29) is 18.3 Å². The number of halogens is 2. The third-order valence-electron chi connectivity index (χ3n) is 8.69. The van der Waals surface area contributed by atoms with Gasteiger partial charge < -0.3 is 14.9 Å². The van der Waals surface area contributed by atoms with Crippen molar-refractivity contribution in [1.29, 1.82) is 0 Å². The normalized spacial score (nSPS) is 15.7. The summed E-state index contributed by atoms with van der Waals surface area (Å²) in [5.41, 5.74) is 6.72. The Hall–Kier alpha value is -3.44. The third-order valence-corrected chi connectivity index (χ3v) is 9.54. The van der Waals surface area contributed by atoms with Crippen molar-refractivity contribution in [3.63, 3.8) is 0 Å². The van der Waals surface area contributed by atoms with Crippen molar-refractivity contribution in [2.24, 2.45) is 0 Å². The predicted octanol–water partition coefficient (Wildman–Crippen LogP) is 5.56. The number of β-amino-alcohol motifs (C(OH)–C–C–N with tert-alkyl or cyclic N) is 2. The number of ether oxygens (including phenoxy) is 1. The van der Waals surface area contributed by atoms with Gasteiger partial charge in [0.25, 0.3) is 0 Å². The first-order valence-corrected chi connectivity index (χ1v) is 16.5. The fraction of sp³-hybridized carbons (Fsp3) is 0.389. The highest BCUT2D eigenvalue weighted by Crippen LogP contribution is 2.40. The van der Waals surface area contributed by atoms with Crippen LogP contribution in [0.4, 0.5) is 0 Å². The summed E-state index contributed by atoms with van der Waals surface area (Å²) in [4.78, 5) is 32.0. The number of aliphatic hydroxyl groups is 2. The molecule has 0 atom stereocenters. The highest BCUT2D eigenvalue weighted by atomic mass is 35.5. The minimum absolute atomic E-state index is 0.0841. The lowest BCUT2D eigenvalue weighted by Gasteiger charge is -2.35. The van der Waals surface area contributed by atoms with Gasteiger partial charge in [-0.05, 0) is 49.9 Å². The third kappa shape index (κ3) is 7.36. The molecule has 4 heterocycles. The molecule has 1 saturated heterocycles. The van der Waals surface area contributed by atoms with Crippen LogP contribution in [0.3, 0.4) is 0 Å². The minimum Gasteiger partial charge on any atom is -0.480 e. The Labute approximate surface area is 285 Å². The van der Waals surface area contributed by atoms with Crippen LogP contribution >= 0.6 is 23.2 Å². The highest BCUT2D eigenvalue weighted by molar-refractivity contribution is 6.38. The van der Waals surface area contributed by atoms with Crippen molar-refractivity contribution in [1.82, 2.24) is 24.8 Å². The molecule has 2 aliphatic heterocycles. The largest absolute Gasteiger partial charge is 0.480 e. The molecule has 6 rings (SSSR count). The van der Waals surface area contributed by atoms with Gasteiger partial charge in [-0.15, -0.1) is 0 Å². The van der Waals surface area contributed by atoms with E-state index in [0.717, 1.165) is 24.2 Å². The average Bonchev–Trinajstić information content (AvgIpc) is 3.01. The lowest BCUT2D eigenvalue weighted by Crippen LogP contribution is -2.50. The van der Waals surface area contributed by atoms with Crippen molar-refractivity contribution >= 4 is 29.0 Å². The molecule has 2 aliphatic rings. The van der Waals surface area contributed by atoms with Gasteiger partial charge >= 0.3 is 0 Å². The number of aliphatic hydroxyl groups excluding tert-OH is 1. The monoisotopic (exact) mass is 675 g/mol. The van der Waals surface area contributed by atoms with Crippen LogP contribution in [-0.4, -0.2) is 85.7 Å². The number of methoxy groups -OCH3 is 1. The van der Waals surface area contributed by atoms with Gasteiger partial charge in [-0.3, -0.25) is 19.6 Å². The first kappa shape index (κ1) is 33.5. The van der Waals surface area contributed by atoms with Crippen LogP contribution in [0.1, 0.15) is 52.4 Å². The van der Waals surface area contributed by atoms with E-state index in [1.54, 1.807) is 27.2 Å². The van der Waals surface area contributed by atoms with Gasteiger partial charge in [0, 0.05) is 62.4 Å². The van der Waals surface area contributed by atoms with Gasteiger partial charge in [0.2, 0.25) is 5.88 Å². The van der Waals surface area contributed by atoms with Gasteiger partial charge in [-0.1, -0.05) is 59.6 Å². The number of carbonyl (C=O) groups is 1. The number of pyridine rings is 1. The van der Waals surface area contributed by atoms with Crippen molar-refractivity contribution in [3.05, 3.63) is 92.5 Å². The van der Waals surface area contributed by atoms with Crippen LogP contribution in [0.25, 0.3) is 22.4 Å². The maximum Gasteiger partial charge on any atom is 0.237 e. The first-order chi connectivity index (χ1) is 22.4. The number of aryl methyl sites for hydroxylation is 1. The number of hydrogen-bond acceptors (Lipinski definition) is 9. The Balaban J connectivity index is 1.24. The van der Waals surface area contributed by atoms with E-state index in [4.69, 9.17) is 37.9 Å². The van der Waals surface area contributed by atoms with Crippen LogP contribution in [0, 0.1) is 6.92 Å². The van der Waals surface area contributed by atoms with E-state index in [1.165, 1.54) is 5.56 Å². The molecule has 9 nitrogen and oxygen atoms in total. The molecule has 0 spiro atoms. The number of ketones is 1. The summed E-state index contributed by atoms with van der Waals surface area (Å²) in [6.45, 7) is 9.31. The number of benzene rings is 2. The molecule has 47 heavy (non-hydrogen) atoms. The topological polar surface area (TPSA) is 112 Å². The summed E-state index contributed by atoms with van der Waals surface area (Å²) in [7, 11) is 1.56. The summed E-state index contributed by atoms with van der Waals surface area (Å²) in [5.74, 6) is 0.282. The Morgan fingerprint density at radius 3 is 2.45 bits per heavy atom. The molecule has 0 radical (unpaired) electrons. The van der Waals surface area contributed by atoms with E-state index in [1.807, 2.05) is 49.4 Å². The van der Waals surface area contributed by atoms with Crippen molar-refractivity contribution in [2.45, 2.75) is 58.4 Å². The van der Waals surface area contributed by atoms with Crippen LogP contribution < -0.4 is 4.74 Å². The number of fused-ring (bicyclic) bond motifs is 1. The minimum atomic E-state index is -0.811. The zero-order chi connectivity index (χ0) is 33.5. The molecule has 0 aliphatic carbocycles. The molecule has 4 aromatic rings. The molecule has 11 heteroatoms. The van der Waals surface area contributed by atoms with Crippen LogP contribution in [-0.2, 0) is 25.9 Å². The van der Waals surface area contributed by atoms with Gasteiger partial charge in [0.1, 0.15) is 11.4 Å². The molecular formula is C36H39Cl2N5O4. The van der Waals surface area contributed by atoms with E-state index >= 15 is 0 Å². The van der Waals surface area contributed by atoms with E-state index in [0.29, 0.717) is 88.0 Å². The van der Waals surface area contributed by atoms with Gasteiger partial charge in [-0.25, -0.2) is 9.97 Å². The predicted molar refractivity (Wildman–Crippen MR) is 183 cm³/mol. The average molecular weight is 677 g/mol. The summed E-state index contributed by atoms with van der Waals surface area (Å²) in [5, 5.41) is 20.8. The van der Waals surface area contributed by atoms with Crippen molar-refractivity contribution in [3.8, 4) is 28.3 Å². The number of likely N-dealkylation sites (tertiary alicyclic amines) is 1. The van der Waals surface area contributed by atoms with Crippen LogP contribution in [0.5, 0.6) is 5.88 Å². The maximum absolute atomic E-state index is 13.6. The molecule has 0 amide bonds. The zero-order valence-electron chi connectivity index (χ0n) is 27.1. The Kier molecular flexibility index (Phi) is 9.67. The number of aromatic nitrogens is 3. The van der Waals surface area contributed by atoms with Crippen molar-refractivity contribution in [2.75, 3.05) is 33.3 Å². The van der Waals surface area contributed by atoms with E-state index < -0.39 is 5.60 Å². The zero-order valence-corrected chi connectivity index (χ0v) is 28.6. The Bertz CT molecular complexity index is 1820. The standard InChI is InChI=1S/C36H39Cl2N5O4/c1-21-13-28(40-30-18-42(12-11-24(21)30)20-36(2,3)46)32(45)14-22-7-5-8-25(33(22)37)26-9-6-10-27(34(26)38)29-15-39-31(35(41-29)47-4)19-43-16-23(44)17-43/h5-10,13,15,23,44,46H,11-12,14,16-20H2,1-4H3. The molecule has 0 bridgehead atoms. The number of nitrogens with zero attached hydrogens (tertiary/aromatic N) is 5.